The molecule has 2 aliphatic carbocycles. The summed E-state index contributed by atoms with van der Waals surface area (Å²) >= 11 is 0. The number of nitrogens with zero attached hydrogens (tertiary/aromatic N) is 3. The van der Waals surface area contributed by atoms with Gasteiger partial charge in [0.2, 0.25) is 0 Å². The highest BCUT2D eigenvalue weighted by Gasteiger charge is 2.33. The molecule has 2 aliphatic rings. The Kier molecular flexibility index (Phi) is 9.74. The third-order valence-corrected chi connectivity index (χ3v) is 5.11. The number of aromatic nitrogens is 3. The molecule has 9 heteroatoms. The van der Waals surface area contributed by atoms with Crippen LogP contribution in [-0.4, -0.2) is 62.4 Å². The molecule has 0 aromatic carbocycles. The van der Waals surface area contributed by atoms with Crippen LogP contribution >= 0.6 is 0 Å². The predicted octanol–water partition coefficient (Wildman–Crippen LogP) is 0.488. The normalized spacial score (nSPS) is 23.7. The number of aryl methyl sites for hydroxylation is 2. The molecule has 1 heterocycles. The summed E-state index contributed by atoms with van der Waals surface area (Å²) < 4.78 is 11.0. The van der Waals surface area contributed by atoms with E-state index in [1.807, 2.05) is 0 Å². The molecule has 5 N–H and O–H groups in total. The minimum absolute atomic E-state index is 0. The first-order valence-electron chi connectivity index (χ1n) is 9.61. The van der Waals surface area contributed by atoms with E-state index in [4.69, 9.17) is 9.47 Å². The topological polar surface area (TPSA) is 149 Å². The van der Waals surface area contributed by atoms with Crippen molar-refractivity contribution in [2.75, 3.05) is 13.2 Å². The number of rotatable bonds is 7. The number of ether oxygens (including phenoxy) is 2. The minimum atomic E-state index is -0.430. The van der Waals surface area contributed by atoms with Crippen LogP contribution < -0.4 is 0 Å². The van der Waals surface area contributed by atoms with E-state index >= 15 is 0 Å². The van der Waals surface area contributed by atoms with E-state index in [0.29, 0.717) is 38.0 Å². The standard InChI is InChI=1S/C19H29N3O4.2H2O/c1-13(2)19(24)26-11-5-10-25-14-8-9-18(23)17(12-14)22-20-15-6-3-4-7-16(15)21-22;;/h14,17-18,23H,1,3-12H2,2H3;2*1H2. The Balaban J connectivity index is 0.00000196. The molecule has 1 fully saturated rings. The first kappa shape index (κ1) is 24.2. The molecule has 1 saturated carbocycles. The van der Waals surface area contributed by atoms with Crippen LogP contribution in [0.25, 0.3) is 0 Å². The average Bonchev–Trinajstić information content (AvgIpc) is 3.06. The fraction of sp³-hybridized carbons (Fsp3) is 0.737. The van der Waals surface area contributed by atoms with Gasteiger partial charge >= 0.3 is 5.97 Å². The lowest BCUT2D eigenvalue weighted by atomic mass is 9.90. The summed E-state index contributed by atoms with van der Waals surface area (Å²) in [5.41, 5.74) is 2.58. The highest BCUT2D eigenvalue weighted by Crippen LogP contribution is 2.31. The number of aliphatic hydroxyl groups excluding tert-OH is 1. The third kappa shape index (κ3) is 6.10. The van der Waals surface area contributed by atoms with E-state index < -0.39 is 6.10 Å². The summed E-state index contributed by atoms with van der Waals surface area (Å²) in [6.45, 7) is 6.04. The zero-order valence-corrected chi connectivity index (χ0v) is 16.5. The van der Waals surface area contributed by atoms with Crippen molar-refractivity contribution in [2.24, 2.45) is 0 Å². The van der Waals surface area contributed by atoms with E-state index in [-0.39, 0.29) is 29.1 Å². The molecule has 9 nitrogen and oxygen atoms in total. The van der Waals surface area contributed by atoms with E-state index in [1.165, 1.54) is 12.8 Å². The Labute approximate surface area is 165 Å². The Morgan fingerprint density at radius 2 is 1.82 bits per heavy atom. The Hall–Kier alpha value is -1.81. The quantitative estimate of drug-likeness (QED) is 0.400. The largest absolute Gasteiger partial charge is 0.462 e. The van der Waals surface area contributed by atoms with E-state index in [9.17, 15) is 9.90 Å². The Bertz CT molecular complexity index is 624. The summed E-state index contributed by atoms with van der Waals surface area (Å²) in [7, 11) is 0. The van der Waals surface area contributed by atoms with Crippen LogP contribution in [0.2, 0.25) is 0 Å². The second kappa shape index (κ2) is 11.3. The lowest BCUT2D eigenvalue weighted by Crippen LogP contribution is -2.36. The summed E-state index contributed by atoms with van der Waals surface area (Å²) in [6.07, 6.45) is 6.82. The molecule has 1 aromatic heterocycles. The number of hydrogen-bond acceptors (Lipinski definition) is 6. The van der Waals surface area contributed by atoms with Crippen molar-refractivity contribution in [3.8, 4) is 0 Å². The fourth-order valence-electron chi connectivity index (χ4n) is 3.60. The van der Waals surface area contributed by atoms with Crippen LogP contribution in [-0.2, 0) is 27.1 Å². The SMILES string of the molecule is C=C(C)C(=O)OCCCOC1CCC(O)C(n2nc3c(n2)CCCC3)C1.O.O. The zero-order valence-electron chi connectivity index (χ0n) is 16.5. The molecule has 0 saturated heterocycles. The minimum Gasteiger partial charge on any atom is -0.462 e. The van der Waals surface area contributed by atoms with Gasteiger partial charge in [0.1, 0.15) is 0 Å². The molecule has 160 valence electrons. The van der Waals surface area contributed by atoms with Crippen LogP contribution in [0.5, 0.6) is 0 Å². The maximum atomic E-state index is 11.3. The van der Waals surface area contributed by atoms with Gasteiger partial charge in [-0.3, -0.25) is 0 Å². The monoisotopic (exact) mass is 399 g/mol. The molecular weight excluding hydrogens is 366 g/mol. The lowest BCUT2D eigenvalue weighted by molar-refractivity contribution is -0.139. The zero-order chi connectivity index (χ0) is 18.5. The third-order valence-electron chi connectivity index (χ3n) is 5.11. The van der Waals surface area contributed by atoms with Gasteiger partial charge in [-0.25, -0.2) is 4.79 Å². The number of hydrogen-bond donors (Lipinski definition) is 1. The number of carbonyl (C=O) groups is 1. The maximum Gasteiger partial charge on any atom is 0.333 e. The van der Waals surface area contributed by atoms with E-state index in [2.05, 4.69) is 16.8 Å². The van der Waals surface area contributed by atoms with Gasteiger partial charge in [0.05, 0.1) is 42.9 Å². The van der Waals surface area contributed by atoms with E-state index in [0.717, 1.165) is 30.7 Å². The van der Waals surface area contributed by atoms with Gasteiger partial charge < -0.3 is 25.5 Å². The Morgan fingerprint density at radius 1 is 1.18 bits per heavy atom. The van der Waals surface area contributed by atoms with Crippen molar-refractivity contribution < 1.29 is 30.3 Å². The smallest absolute Gasteiger partial charge is 0.333 e. The lowest BCUT2D eigenvalue weighted by Gasteiger charge is -2.32. The molecular formula is C19H33N3O6. The van der Waals surface area contributed by atoms with Crippen molar-refractivity contribution in [1.82, 2.24) is 15.0 Å². The first-order valence-corrected chi connectivity index (χ1v) is 9.61. The van der Waals surface area contributed by atoms with Crippen LogP contribution in [0.3, 0.4) is 0 Å². The summed E-state index contributed by atoms with van der Waals surface area (Å²) in [5.74, 6) is -0.362. The van der Waals surface area contributed by atoms with Crippen LogP contribution in [0.4, 0.5) is 0 Å². The van der Waals surface area contributed by atoms with Crippen molar-refractivity contribution in [3.05, 3.63) is 23.5 Å². The van der Waals surface area contributed by atoms with Crippen molar-refractivity contribution in [3.63, 3.8) is 0 Å². The van der Waals surface area contributed by atoms with Gasteiger partial charge in [-0.05, 0) is 45.4 Å². The molecule has 0 amide bonds. The fourth-order valence-corrected chi connectivity index (χ4v) is 3.60. The predicted molar refractivity (Wildman–Crippen MR) is 103 cm³/mol. The number of fused-ring (bicyclic) bond motifs is 1. The maximum absolute atomic E-state index is 11.3. The van der Waals surface area contributed by atoms with Crippen LogP contribution in [0, 0.1) is 0 Å². The molecule has 0 aliphatic heterocycles. The van der Waals surface area contributed by atoms with Crippen molar-refractivity contribution >= 4 is 5.97 Å². The van der Waals surface area contributed by atoms with Gasteiger partial charge in [0.25, 0.3) is 0 Å². The summed E-state index contributed by atoms with van der Waals surface area (Å²) in [4.78, 5) is 13.0. The first-order chi connectivity index (χ1) is 12.5. The summed E-state index contributed by atoms with van der Waals surface area (Å²) in [5, 5.41) is 19.7. The molecule has 3 rings (SSSR count). The highest BCUT2D eigenvalue weighted by atomic mass is 16.5. The molecule has 1 aromatic rings. The van der Waals surface area contributed by atoms with E-state index in [1.54, 1.807) is 11.7 Å². The number of esters is 1. The van der Waals surface area contributed by atoms with Crippen molar-refractivity contribution in [2.45, 2.75) is 76.5 Å². The molecule has 28 heavy (non-hydrogen) atoms. The molecule has 0 spiro atoms. The molecule has 3 atom stereocenters. The van der Waals surface area contributed by atoms with Gasteiger partial charge in [-0.1, -0.05) is 6.58 Å². The van der Waals surface area contributed by atoms with Crippen LogP contribution in [0.15, 0.2) is 12.2 Å². The van der Waals surface area contributed by atoms with Gasteiger partial charge in [-0.15, -0.1) is 0 Å². The highest BCUT2D eigenvalue weighted by molar-refractivity contribution is 5.86. The van der Waals surface area contributed by atoms with Gasteiger partial charge in [-0.2, -0.15) is 15.0 Å². The second-order valence-corrected chi connectivity index (χ2v) is 7.33. The van der Waals surface area contributed by atoms with Crippen LogP contribution in [0.1, 0.15) is 62.9 Å². The molecule has 0 radical (unpaired) electrons. The molecule has 3 unspecified atom stereocenters. The van der Waals surface area contributed by atoms with Gasteiger partial charge in [0.15, 0.2) is 0 Å². The average molecular weight is 399 g/mol. The van der Waals surface area contributed by atoms with Crippen molar-refractivity contribution in [1.29, 1.82) is 0 Å². The summed E-state index contributed by atoms with van der Waals surface area (Å²) in [6, 6.07) is -0.124. The Morgan fingerprint density at radius 3 is 2.43 bits per heavy atom. The van der Waals surface area contributed by atoms with Gasteiger partial charge in [0, 0.05) is 18.4 Å². The molecule has 0 bridgehead atoms. The number of aliphatic hydroxyl groups is 1. The second-order valence-electron chi connectivity index (χ2n) is 7.33. The number of carbonyl (C=O) groups excluding carboxylic acids is 1.